The van der Waals surface area contributed by atoms with Gasteiger partial charge in [-0.3, -0.25) is 0 Å². The van der Waals surface area contributed by atoms with E-state index in [1.54, 1.807) is 0 Å². The normalized spacial score (nSPS) is 27.7. The molecule has 1 aliphatic rings. The highest BCUT2D eigenvalue weighted by Gasteiger charge is 2.26. The molecular formula is C11H18N2. The predicted molar refractivity (Wildman–Crippen MR) is 54.7 cm³/mol. The second-order valence-electron chi connectivity index (χ2n) is 4.41. The van der Waals surface area contributed by atoms with Crippen molar-refractivity contribution in [1.29, 1.82) is 0 Å². The molecule has 13 heavy (non-hydrogen) atoms. The highest BCUT2D eigenvalue weighted by Crippen LogP contribution is 2.29. The van der Waals surface area contributed by atoms with E-state index in [1.165, 1.54) is 11.3 Å². The van der Waals surface area contributed by atoms with E-state index in [0.717, 1.165) is 6.42 Å². The first kappa shape index (κ1) is 8.82. The predicted octanol–water partition coefficient (Wildman–Crippen LogP) is 2.25. The minimum atomic E-state index is 0.532. The molecule has 2 heteroatoms. The smallest absolute Gasteiger partial charge is 0.0363 e. The fraction of sp³-hybridized carbons (Fsp3) is 0.636. The minimum Gasteiger partial charge on any atom is -0.365 e. The largest absolute Gasteiger partial charge is 0.365 e. The Morgan fingerprint density at radius 1 is 1.46 bits per heavy atom. The number of aromatic amines is 1. The molecule has 72 valence electrons. The van der Waals surface area contributed by atoms with Crippen molar-refractivity contribution < 1.29 is 0 Å². The Bertz CT molecular complexity index is 288. The van der Waals surface area contributed by atoms with Crippen molar-refractivity contribution in [1.82, 2.24) is 10.3 Å². The summed E-state index contributed by atoms with van der Waals surface area (Å²) in [7, 11) is 0. The molecule has 0 spiro atoms. The van der Waals surface area contributed by atoms with Gasteiger partial charge >= 0.3 is 0 Å². The van der Waals surface area contributed by atoms with Crippen molar-refractivity contribution >= 4 is 0 Å². The summed E-state index contributed by atoms with van der Waals surface area (Å²) in [6, 6.07) is 3.34. The van der Waals surface area contributed by atoms with Gasteiger partial charge in [0.05, 0.1) is 0 Å². The minimum absolute atomic E-state index is 0.532. The van der Waals surface area contributed by atoms with Crippen LogP contribution in [0.1, 0.15) is 38.1 Å². The summed E-state index contributed by atoms with van der Waals surface area (Å²) in [4.78, 5) is 3.33. The van der Waals surface area contributed by atoms with Gasteiger partial charge in [0.15, 0.2) is 0 Å². The van der Waals surface area contributed by atoms with Crippen LogP contribution >= 0.6 is 0 Å². The second kappa shape index (κ2) is 3.18. The van der Waals surface area contributed by atoms with E-state index in [1.807, 2.05) is 0 Å². The lowest BCUT2D eigenvalue weighted by molar-refractivity contribution is 0.345. The van der Waals surface area contributed by atoms with Crippen molar-refractivity contribution in [3.05, 3.63) is 23.5 Å². The first-order valence-corrected chi connectivity index (χ1v) is 5.10. The van der Waals surface area contributed by atoms with Gasteiger partial charge < -0.3 is 10.3 Å². The number of fused-ring (bicyclic) bond motifs is 1. The van der Waals surface area contributed by atoms with Crippen LogP contribution < -0.4 is 5.32 Å². The van der Waals surface area contributed by atoms with Crippen molar-refractivity contribution in [3.63, 3.8) is 0 Å². The van der Waals surface area contributed by atoms with Gasteiger partial charge in [0, 0.05) is 30.4 Å². The number of H-pyrrole nitrogens is 1. The molecule has 0 amide bonds. The van der Waals surface area contributed by atoms with E-state index >= 15 is 0 Å². The van der Waals surface area contributed by atoms with Crippen molar-refractivity contribution in [3.8, 4) is 0 Å². The van der Waals surface area contributed by atoms with E-state index in [4.69, 9.17) is 0 Å². The summed E-state index contributed by atoms with van der Waals surface area (Å²) in [5.74, 6) is 0.664. The third-order valence-electron chi connectivity index (χ3n) is 2.85. The maximum Gasteiger partial charge on any atom is 0.0363 e. The lowest BCUT2D eigenvalue weighted by atomic mass is 9.90. The maximum absolute atomic E-state index is 3.64. The number of nitrogens with one attached hydrogen (secondary N) is 2. The topological polar surface area (TPSA) is 27.8 Å². The number of aromatic nitrogens is 1. The van der Waals surface area contributed by atoms with E-state index in [9.17, 15) is 0 Å². The van der Waals surface area contributed by atoms with Crippen LogP contribution in [0, 0.1) is 5.92 Å². The molecule has 0 fully saturated rings. The van der Waals surface area contributed by atoms with Gasteiger partial charge in [-0.05, 0) is 24.5 Å². The van der Waals surface area contributed by atoms with Crippen LogP contribution in [0.5, 0.6) is 0 Å². The van der Waals surface area contributed by atoms with Crippen LogP contribution in [-0.4, -0.2) is 11.0 Å². The van der Waals surface area contributed by atoms with Crippen LogP contribution in [-0.2, 0) is 6.42 Å². The lowest BCUT2D eigenvalue weighted by Gasteiger charge is -2.31. The summed E-state index contributed by atoms with van der Waals surface area (Å²) in [6.07, 6.45) is 3.19. The molecule has 0 aromatic carbocycles. The zero-order valence-corrected chi connectivity index (χ0v) is 8.59. The van der Waals surface area contributed by atoms with Crippen LogP contribution in [0.2, 0.25) is 0 Å². The third-order valence-corrected chi connectivity index (χ3v) is 2.85. The van der Waals surface area contributed by atoms with Gasteiger partial charge in [0.2, 0.25) is 0 Å². The Morgan fingerprint density at radius 2 is 2.23 bits per heavy atom. The molecule has 0 saturated heterocycles. The molecule has 0 aliphatic carbocycles. The molecule has 0 bridgehead atoms. The van der Waals surface area contributed by atoms with E-state index in [0.29, 0.717) is 18.0 Å². The molecule has 1 aliphatic heterocycles. The third kappa shape index (κ3) is 1.51. The summed E-state index contributed by atoms with van der Waals surface area (Å²) >= 11 is 0. The fourth-order valence-corrected chi connectivity index (χ4v) is 2.20. The van der Waals surface area contributed by atoms with Crippen molar-refractivity contribution in [2.45, 2.75) is 39.3 Å². The first-order chi connectivity index (χ1) is 6.18. The van der Waals surface area contributed by atoms with Gasteiger partial charge in [-0.25, -0.2) is 0 Å². The summed E-state index contributed by atoms with van der Waals surface area (Å²) in [5, 5.41) is 3.64. The maximum atomic E-state index is 3.64. The SMILES string of the molecule is CC(C)[C@@H]1N[C@H](C)Cc2[nH]ccc21. The average Bonchev–Trinajstić information content (AvgIpc) is 2.49. The Labute approximate surface area is 79.7 Å². The monoisotopic (exact) mass is 178 g/mol. The van der Waals surface area contributed by atoms with Crippen LogP contribution in [0.25, 0.3) is 0 Å². The van der Waals surface area contributed by atoms with E-state index in [-0.39, 0.29) is 0 Å². The molecular weight excluding hydrogens is 160 g/mol. The Kier molecular flexibility index (Phi) is 2.16. The Morgan fingerprint density at radius 3 is 2.92 bits per heavy atom. The van der Waals surface area contributed by atoms with Gasteiger partial charge in [-0.15, -0.1) is 0 Å². The van der Waals surface area contributed by atoms with E-state index in [2.05, 4.69) is 43.3 Å². The van der Waals surface area contributed by atoms with Crippen molar-refractivity contribution in [2.24, 2.45) is 5.92 Å². The number of rotatable bonds is 1. The first-order valence-electron chi connectivity index (χ1n) is 5.10. The standard InChI is InChI=1S/C11H18N2/c1-7(2)11-9-4-5-12-10(9)6-8(3)13-11/h4-5,7-8,11-13H,6H2,1-3H3/t8-,11+/m1/s1. The van der Waals surface area contributed by atoms with E-state index < -0.39 is 0 Å². The molecule has 2 heterocycles. The summed E-state index contributed by atoms with van der Waals surface area (Å²) in [6.45, 7) is 6.79. The molecule has 0 saturated carbocycles. The summed E-state index contributed by atoms with van der Waals surface area (Å²) < 4.78 is 0. The molecule has 0 unspecified atom stereocenters. The highest BCUT2D eigenvalue weighted by molar-refractivity contribution is 5.28. The Balaban J connectivity index is 2.32. The van der Waals surface area contributed by atoms with Gasteiger partial charge in [0.25, 0.3) is 0 Å². The van der Waals surface area contributed by atoms with Gasteiger partial charge in [0.1, 0.15) is 0 Å². The lowest BCUT2D eigenvalue weighted by Crippen LogP contribution is -2.39. The molecule has 2 rings (SSSR count). The van der Waals surface area contributed by atoms with Crippen LogP contribution in [0.3, 0.4) is 0 Å². The number of hydrogen-bond acceptors (Lipinski definition) is 1. The second-order valence-corrected chi connectivity index (χ2v) is 4.41. The number of hydrogen-bond donors (Lipinski definition) is 2. The zero-order chi connectivity index (χ0) is 9.42. The zero-order valence-electron chi connectivity index (χ0n) is 8.59. The van der Waals surface area contributed by atoms with Crippen molar-refractivity contribution in [2.75, 3.05) is 0 Å². The quantitative estimate of drug-likeness (QED) is 0.678. The molecule has 1 aromatic rings. The van der Waals surface area contributed by atoms with Crippen LogP contribution in [0.15, 0.2) is 12.3 Å². The highest BCUT2D eigenvalue weighted by atomic mass is 15.0. The molecule has 2 N–H and O–H groups in total. The van der Waals surface area contributed by atoms with Gasteiger partial charge in [-0.2, -0.15) is 0 Å². The Hall–Kier alpha value is -0.760. The molecule has 2 atom stereocenters. The fourth-order valence-electron chi connectivity index (χ4n) is 2.20. The molecule has 1 aromatic heterocycles. The molecule has 2 nitrogen and oxygen atoms in total. The summed E-state index contributed by atoms with van der Waals surface area (Å²) in [5.41, 5.74) is 2.89. The van der Waals surface area contributed by atoms with Crippen LogP contribution in [0.4, 0.5) is 0 Å². The molecule has 0 radical (unpaired) electrons. The average molecular weight is 178 g/mol. The van der Waals surface area contributed by atoms with Gasteiger partial charge in [-0.1, -0.05) is 13.8 Å².